The normalized spacial score (nSPS) is 14.1. The number of carboxylic acids is 1. The van der Waals surface area contributed by atoms with E-state index in [4.69, 9.17) is 5.11 Å². The highest BCUT2D eigenvalue weighted by molar-refractivity contribution is 5.67. The second-order valence-corrected chi connectivity index (χ2v) is 4.79. The maximum Gasteiger partial charge on any atom is 0.303 e. The minimum atomic E-state index is -0.706. The van der Waals surface area contributed by atoms with Crippen LogP contribution in [0.15, 0.2) is 30.3 Å². The molecule has 1 aromatic rings. The molecule has 1 aromatic carbocycles. The van der Waals surface area contributed by atoms with Crippen molar-refractivity contribution in [3.63, 3.8) is 0 Å². The molecule has 0 aliphatic carbocycles. The Morgan fingerprint density at radius 2 is 2.00 bits per heavy atom. The first-order valence-corrected chi connectivity index (χ1v) is 6.63. The fourth-order valence-corrected chi connectivity index (χ4v) is 2.13. The highest BCUT2D eigenvalue weighted by atomic mass is 16.4. The van der Waals surface area contributed by atoms with Crippen molar-refractivity contribution in [2.45, 2.75) is 39.2 Å². The molecule has 18 heavy (non-hydrogen) atoms. The smallest absolute Gasteiger partial charge is 0.303 e. The lowest BCUT2D eigenvalue weighted by Crippen LogP contribution is -2.27. The summed E-state index contributed by atoms with van der Waals surface area (Å²) in [5.74, 6) is -0.485. The van der Waals surface area contributed by atoms with Crippen LogP contribution in [0.25, 0.3) is 0 Å². The van der Waals surface area contributed by atoms with Gasteiger partial charge in [-0.1, -0.05) is 43.7 Å². The van der Waals surface area contributed by atoms with E-state index in [0.29, 0.717) is 0 Å². The molecule has 0 aromatic heterocycles. The van der Waals surface area contributed by atoms with Crippen molar-refractivity contribution in [2.75, 3.05) is 6.54 Å². The van der Waals surface area contributed by atoms with Gasteiger partial charge in [-0.25, -0.2) is 0 Å². The minimum Gasteiger partial charge on any atom is -0.481 e. The first-order valence-electron chi connectivity index (χ1n) is 6.63. The summed E-state index contributed by atoms with van der Waals surface area (Å²) in [4.78, 5) is 10.8. The number of hydrogen-bond donors (Lipinski definition) is 2. The molecule has 0 aliphatic heterocycles. The van der Waals surface area contributed by atoms with Crippen LogP contribution in [-0.4, -0.2) is 17.6 Å². The summed E-state index contributed by atoms with van der Waals surface area (Å²) in [5, 5.41) is 12.3. The molecule has 2 N–H and O–H groups in total. The van der Waals surface area contributed by atoms with Gasteiger partial charge in [0.15, 0.2) is 0 Å². The molecule has 100 valence electrons. The quantitative estimate of drug-likeness (QED) is 0.743. The molecule has 0 saturated heterocycles. The standard InChI is InChI=1S/C15H23NO2/c1-3-7-13(10-15(17)18)11-16-12(2)14-8-5-4-6-9-14/h4-6,8-9,12-13,16H,3,7,10-11H2,1-2H3,(H,17,18)/t12-,13+/m0/s1. The zero-order valence-corrected chi connectivity index (χ0v) is 11.2. The highest BCUT2D eigenvalue weighted by Crippen LogP contribution is 2.15. The van der Waals surface area contributed by atoms with E-state index in [1.54, 1.807) is 0 Å². The number of nitrogens with one attached hydrogen (secondary N) is 1. The fraction of sp³-hybridized carbons (Fsp3) is 0.533. The van der Waals surface area contributed by atoms with Gasteiger partial charge in [-0.05, 0) is 31.4 Å². The predicted molar refractivity (Wildman–Crippen MR) is 73.5 cm³/mol. The van der Waals surface area contributed by atoms with Gasteiger partial charge in [0.05, 0.1) is 0 Å². The molecule has 0 heterocycles. The first kappa shape index (κ1) is 14.7. The summed E-state index contributed by atoms with van der Waals surface area (Å²) in [5.41, 5.74) is 1.24. The van der Waals surface area contributed by atoms with E-state index in [1.807, 2.05) is 18.2 Å². The van der Waals surface area contributed by atoms with Crippen LogP contribution in [0.2, 0.25) is 0 Å². The fourth-order valence-electron chi connectivity index (χ4n) is 2.13. The largest absolute Gasteiger partial charge is 0.481 e. The zero-order valence-electron chi connectivity index (χ0n) is 11.2. The van der Waals surface area contributed by atoms with Gasteiger partial charge in [0.1, 0.15) is 0 Å². The van der Waals surface area contributed by atoms with Gasteiger partial charge in [-0.2, -0.15) is 0 Å². The molecular formula is C15H23NO2. The van der Waals surface area contributed by atoms with E-state index >= 15 is 0 Å². The zero-order chi connectivity index (χ0) is 13.4. The van der Waals surface area contributed by atoms with Crippen LogP contribution in [0.1, 0.15) is 44.7 Å². The van der Waals surface area contributed by atoms with Crippen LogP contribution in [0.3, 0.4) is 0 Å². The van der Waals surface area contributed by atoms with E-state index in [2.05, 4.69) is 31.3 Å². The Hall–Kier alpha value is -1.35. The molecule has 0 fully saturated rings. The van der Waals surface area contributed by atoms with Crippen molar-refractivity contribution in [1.82, 2.24) is 5.32 Å². The van der Waals surface area contributed by atoms with Crippen molar-refractivity contribution in [3.05, 3.63) is 35.9 Å². The molecule has 0 unspecified atom stereocenters. The Labute approximate surface area is 109 Å². The van der Waals surface area contributed by atoms with E-state index < -0.39 is 5.97 Å². The van der Waals surface area contributed by atoms with Gasteiger partial charge in [-0.3, -0.25) is 4.79 Å². The molecule has 3 nitrogen and oxygen atoms in total. The Balaban J connectivity index is 2.44. The molecule has 0 saturated carbocycles. The summed E-state index contributed by atoms with van der Waals surface area (Å²) < 4.78 is 0. The van der Waals surface area contributed by atoms with Crippen LogP contribution in [0, 0.1) is 5.92 Å². The average molecular weight is 249 g/mol. The van der Waals surface area contributed by atoms with Crippen LogP contribution < -0.4 is 5.32 Å². The Morgan fingerprint density at radius 1 is 1.33 bits per heavy atom. The van der Waals surface area contributed by atoms with Crippen LogP contribution >= 0.6 is 0 Å². The average Bonchev–Trinajstić information content (AvgIpc) is 2.36. The number of aliphatic carboxylic acids is 1. The molecule has 3 heteroatoms. The van der Waals surface area contributed by atoms with Crippen molar-refractivity contribution in [1.29, 1.82) is 0 Å². The molecule has 1 rings (SSSR count). The predicted octanol–water partition coefficient (Wildman–Crippen LogP) is 3.23. The lowest BCUT2D eigenvalue weighted by atomic mass is 9.99. The number of hydrogen-bond acceptors (Lipinski definition) is 2. The summed E-state index contributed by atoms with van der Waals surface area (Å²) in [6.45, 7) is 4.96. The van der Waals surface area contributed by atoms with Crippen LogP contribution in [0.5, 0.6) is 0 Å². The second kappa shape index (κ2) is 7.88. The third-order valence-corrected chi connectivity index (χ3v) is 3.17. The van der Waals surface area contributed by atoms with Crippen molar-refractivity contribution in [2.24, 2.45) is 5.92 Å². The molecule has 0 aliphatic rings. The highest BCUT2D eigenvalue weighted by Gasteiger charge is 2.13. The number of carbonyl (C=O) groups is 1. The molecule has 0 radical (unpaired) electrons. The van der Waals surface area contributed by atoms with Crippen LogP contribution in [0.4, 0.5) is 0 Å². The lowest BCUT2D eigenvalue weighted by molar-refractivity contribution is -0.138. The topological polar surface area (TPSA) is 49.3 Å². The second-order valence-electron chi connectivity index (χ2n) is 4.79. The van der Waals surface area contributed by atoms with Crippen LogP contribution in [-0.2, 0) is 4.79 Å². The molecule has 0 amide bonds. The van der Waals surface area contributed by atoms with Gasteiger partial charge < -0.3 is 10.4 Å². The van der Waals surface area contributed by atoms with Crippen molar-refractivity contribution < 1.29 is 9.90 Å². The van der Waals surface area contributed by atoms with E-state index in [1.165, 1.54) is 5.56 Å². The third kappa shape index (κ3) is 5.32. The SMILES string of the molecule is CCC[C@@H](CN[C@@H](C)c1ccccc1)CC(=O)O. The molecule has 2 atom stereocenters. The van der Waals surface area contributed by atoms with Gasteiger partial charge in [0, 0.05) is 12.5 Å². The monoisotopic (exact) mass is 249 g/mol. The number of benzene rings is 1. The Kier molecular flexibility index (Phi) is 6.44. The summed E-state index contributed by atoms with van der Waals surface area (Å²) in [7, 11) is 0. The van der Waals surface area contributed by atoms with Gasteiger partial charge in [-0.15, -0.1) is 0 Å². The minimum absolute atomic E-state index is 0.221. The summed E-state index contributed by atoms with van der Waals surface area (Å²) >= 11 is 0. The van der Waals surface area contributed by atoms with Gasteiger partial charge >= 0.3 is 5.97 Å². The number of carboxylic acid groups (broad SMARTS) is 1. The van der Waals surface area contributed by atoms with E-state index in [9.17, 15) is 4.79 Å². The summed E-state index contributed by atoms with van der Waals surface area (Å²) in [6, 6.07) is 10.5. The Bertz CT molecular complexity index is 351. The van der Waals surface area contributed by atoms with Crippen molar-refractivity contribution >= 4 is 5.97 Å². The first-order chi connectivity index (χ1) is 8.63. The molecule has 0 bridgehead atoms. The maximum absolute atomic E-state index is 10.8. The van der Waals surface area contributed by atoms with E-state index in [-0.39, 0.29) is 18.4 Å². The molecule has 0 spiro atoms. The third-order valence-electron chi connectivity index (χ3n) is 3.17. The maximum atomic E-state index is 10.8. The van der Waals surface area contributed by atoms with Gasteiger partial charge in [0.2, 0.25) is 0 Å². The van der Waals surface area contributed by atoms with Crippen molar-refractivity contribution in [3.8, 4) is 0 Å². The number of rotatable bonds is 8. The Morgan fingerprint density at radius 3 is 2.56 bits per heavy atom. The van der Waals surface area contributed by atoms with E-state index in [0.717, 1.165) is 19.4 Å². The summed E-state index contributed by atoms with van der Waals surface area (Å²) in [6.07, 6.45) is 2.24. The molecular weight excluding hydrogens is 226 g/mol. The lowest BCUT2D eigenvalue weighted by Gasteiger charge is -2.19. The van der Waals surface area contributed by atoms with Gasteiger partial charge in [0.25, 0.3) is 0 Å².